The molecule has 3 rings (SSSR count). The van der Waals surface area contributed by atoms with Crippen molar-refractivity contribution in [2.24, 2.45) is 0 Å². The maximum Gasteiger partial charge on any atom is 0.250 e. The highest BCUT2D eigenvalue weighted by Crippen LogP contribution is 2.23. The molecule has 0 amide bonds. The van der Waals surface area contributed by atoms with Crippen molar-refractivity contribution in [3.63, 3.8) is 0 Å². The molecule has 0 spiro atoms. The van der Waals surface area contributed by atoms with E-state index in [9.17, 15) is 4.79 Å². The second kappa shape index (κ2) is 10.6. The zero-order valence-corrected chi connectivity index (χ0v) is 20.2. The van der Waals surface area contributed by atoms with Gasteiger partial charge in [0.1, 0.15) is 11.6 Å². The number of halogens is 1. The van der Waals surface area contributed by atoms with Gasteiger partial charge >= 0.3 is 0 Å². The minimum Gasteiger partial charge on any atom is -0.354 e. The quantitative estimate of drug-likeness (QED) is 0.571. The summed E-state index contributed by atoms with van der Waals surface area (Å²) >= 11 is 6.00. The molecule has 3 heterocycles. The Morgan fingerprint density at radius 2 is 1.74 bits per heavy atom. The Labute approximate surface area is 191 Å². The molecule has 0 aromatic carbocycles. The number of nitrogens with zero attached hydrogens (tertiary/aromatic N) is 5. The lowest BCUT2D eigenvalue weighted by atomic mass is 9.95. The Bertz CT molecular complexity index is 913. The van der Waals surface area contributed by atoms with Gasteiger partial charge in [0, 0.05) is 62.2 Å². The summed E-state index contributed by atoms with van der Waals surface area (Å²) in [6.07, 6.45) is 5.86. The standard InChI is InChI=1S/C24H36ClN5O/c1-5-8-20-17-21(27-23(26-20)24(2,3)4)29-15-13-28(14-16-29)11-6-7-12-30-18-19(25)9-10-22(30)31/h9-10,17-18H,5-8,11-16H2,1-4H3. The fourth-order valence-electron chi connectivity index (χ4n) is 3.86. The van der Waals surface area contributed by atoms with Gasteiger partial charge in [0.15, 0.2) is 0 Å². The lowest BCUT2D eigenvalue weighted by Gasteiger charge is -2.36. The van der Waals surface area contributed by atoms with Gasteiger partial charge in [0.05, 0.1) is 5.02 Å². The first-order chi connectivity index (χ1) is 14.8. The number of piperazine rings is 1. The zero-order chi connectivity index (χ0) is 22.4. The van der Waals surface area contributed by atoms with Crippen LogP contribution in [0, 0.1) is 0 Å². The molecule has 0 bridgehead atoms. The summed E-state index contributed by atoms with van der Waals surface area (Å²) in [5.41, 5.74) is 1.11. The van der Waals surface area contributed by atoms with Crippen molar-refractivity contribution in [3.05, 3.63) is 51.3 Å². The van der Waals surface area contributed by atoms with Gasteiger partial charge in [-0.15, -0.1) is 0 Å². The van der Waals surface area contributed by atoms with Crippen LogP contribution in [0.25, 0.3) is 0 Å². The van der Waals surface area contributed by atoms with Crippen LogP contribution in [0.4, 0.5) is 5.82 Å². The van der Waals surface area contributed by atoms with Crippen LogP contribution in [0.15, 0.2) is 29.2 Å². The summed E-state index contributed by atoms with van der Waals surface area (Å²) in [4.78, 5) is 26.5. The molecule has 0 atom stereocenters. The van der Waals surface area contributed by atoms with Crippen molar-refractivity contribution < 1.29 is 0 Å². The highest BCUT2D eigenvalue weighted by molar-refractivity contribution is 6.30. The van der Waals surface area contributed by atoms with E-state index in [-0.39, 0.29) is 11.0 Å². The first-order valence-electron chi connectivity index (χ1n) is 11.5. The molecule has 170 valence electrons. The molecular formula is C24H36ClN5O. The van der Waals surface area contributed by atoms with Gasteiger partial charge in [0.2, 0.25) is 0 Å². The molecule has 0 unspecified atom stereocenters. The third-order valence-electron chi connectivity index (χ3n) is 5.71. The van der Waals surface area contributed by atoms with Crippen LogP contribution in [-0.2, 0) is 18.4 Å². The summed E-state index contributed by atoms with van der Waals surface area (Å²) in [6.45, 7) is 14.5. The van der Waals surface area contributed by atoms with E-state index in [0.29, 0.717) is 5.02 Å². The number of hydrogen-bond acceptors (Lipinski definition) is 5. The normalized spacial score (nSPS) is 15.5. The number of aryl methyl sites for hydroxylation is 2. The van der Waals surface area contributed by atoms with E-state index in [1.54, 1.807) is 16.8 Å². The molecule has 0 N–H and O–H groups in total. The lowest BCUT2D eigenvalue weighted by molar-refractivity contribution is 0.250. The number of pyridine rings is 1. The van der Waals surface area contributed by atoms with Crippen molar-refractivity contribution >= 4 is 17.4 Å². The number of anilines is 1. The van der Waals surface area contributed by atoms with Crippen molar-refractivity contribution in [3.8, 4) is 0 Å². The first-order valence-corrected chi connectivity index (χ1v) is 11.9. The fourth-order valence-corrected chi connectivity index (χ4v) is 4.04. The number of aromatic nitrogens is 3. The molecule has 31 heavy (non-hydrogen) atoms. The molecule has 0 radical (unpaired) electrons. The van der Waals surface area contributed by atoms with E-state index in [2.05, 4.69) is 43.6 Å². The topological polar surface area (TPSA) is 54.3 Å². The van der Waals surface area contributed by atoms with Crippen LogP contribution in [0.3, 0.4) is 0 Å². The van der Waals surface area contributed by atoms with Gasteiger partial charge < -0.3 is 9.47 Å². The zero-order valence-electron chi connectivity index (χ0n) is 19.4. The van der Waals surface area contributed by atoms with Gasteiger partial charge in [-0.25, -0.2) is 9.97 Å². The van der Waals surface area contributed by atoms with Crippen LogP contribution in [0.5, 0.6) is 0 Å². The van der Waals surface area contributed by atoms with E-state index in [1.165, 1.54) is 6.07 Å². The van der Waals surface area contributed by atoms with Gasteiger partial charge in [-0.1, -0.05) is 45.7 Å². The molecule has 1 fully saturated rings. The molecular weight excluding hydrogens is 410 g/mol. The minimum atomic E-state index is -0.0503. The minimum absolute atomic E-state index is 0.0138. The van der Waals surface area contributed by atoms with Crippen LogP contribution in [0.2, 0.25) is 5.02 Å². The van der Waals surface area contributed by atoms with E-state index < -0.39 is 0 Å². The van der Waals surface area contributed by atoms with Crippen LogP contribution in [-0.4, -0.2) is 52.2 Å². The molecule has 7 heteroatoms. The Kier molecular flexibility index (Phi) is 8.11. The van der Waals surface area contributed by atoms with E-state index in [1.807, 2.05) is 0 Å². The molecule has 2 aromatic rings. The number of rotatable bonds is 8. The average Bonchev–Trinajstić information content (AvgIpc) is 2.73. The Morgan fingerprint density at radius 3 is 2.42 bits per heavy atom. The molecule has 1 saturated heterocycles. The molecule has 6 nitrogen and oxygen atoms in total. The number of hydrogen-bond donors (Lipinski definition) is 0. The SMILES string of the molecule is CCCc1cc(N2CCN(CCCCn3cc(Cl)ccc3=O)CC2)nc(C(C)(C)C)n1. The maximum absolute atomic E-state index is 11.9. The largest absolute Gasteiger partial charge is 0.354 e. The predicted octanol–water partition coefficient (Wildman–Crippen LogP) is 4.14. The second-order valence-electron chi connectivity index (χ2n) is 9.46. The Hall–Kier alpha value is -1.92. The van der Waals surface area contributed by atoms with Gasteiger partial charge in [-0.2, -0.15) is 0 Å². The third-order valence-corrected chi connectivity index (χ3v) is 5.93. The summed E-state index contributed by atoms with van der Waals surface area (Å²) in [6, 6.07) is 5.36. The third kappa shape index (κ3) is 6.78. The van der Waals surface area contributed by atoms with E-state index in [0.717, 1.165) is 82.3 Å². The molecule has 1 aliphatic heterocycles. The summed E-state index contributed by atoms with van der Waals surface area (Å²) < 4.78 is 1.70. The van der Waals surface area contributed by atoms with Crippen LogP contribution in [0.1, 0.15) is 58.5 Å². The van der Waals surface area contributed by atoms with Crippen LogP contribution >= 0.6 is 11.6 Å². The smallest absolute Gasteiger partial charge is 0.250 e. The summed E-state index contributed by atoms with van der Waals surface area (Å²) in [5, 5.41) is 0.608. The predicted molar refractivity (Wildman–Crippen MR) is 128 cm³/mol. The van der Waals surface area contributed by atoms with Gasteiger partial charge in [-0.3, -0.25) is 9.69 Å². The highest BCUT2D eigenvalue weighted by Gasteiger charge is 2.23. The molecule has 0 saturated carbocycles. The summed E-state index contributed by atoms with van der Waals surface area (Å²) in [7, 11) is 0. The Morgan fingerprint density at radius 1 is 1.03 bits per heavy atom. The van der Waals surface area contributed by atoms with Gasteiger partial charge in [-0.05, 0) is 31.9 Å². The highest BCUT2D eigenvalue weighted by atomic mass is 35.5. The molecule has 1 aliphatic rings. The maximum atomic E-state index is 11.9. The second-order valence-corrected chi connectivity index (χ2v) is 9.89. The Balaban J connectivity index is 1.50. The number of unbranched alkanes of at least 4 members (excludes halogenated alkanes) is 1. The van der Waals surface area contributed by atoms with E-state index in [4.69, 9.17) is 21.6 Å². The molecule has 0 aliphatic carbocycles. The summed E-state index contributed by atoms with van der Waals surface area (Å²) in [5.74, 6) is 2.01. The average molecular weight is 446 g/mol. The fraction of sp³-hybridized carbons (Fsp3) is 0.625. The monoisotopic (exact) mass is 445 g/mol. The first kappa shape index (κ1) is 23.7. The van der Waals surface area contributed by atoms with Crippen molar-refractivity contribution in [1.82, 2.24) is 19.4 Å². The van der Waals surface area contributed by atoms with E-state index >= 15 is 0 Å². The van der Waals surface area contributed by atoms with Crippen molar-refractivity contribution in [2.45, 2.75) is 65.3 Å². The van der Waals surface area contributed by atoms with Crippen molar-refractivity contribution in [1.29, 1.82) is 0 Å². The lowest BCUT2D eigenvalue weighted by Crippen LogP contribution is -2.47. The van der Waals surface area contributed by atoms with Crippen LogP contribution < -0.4 is 10.5 Å². The molecule has 2 aromatic heterocycles. The van der Waals surface area contributed by atoms with Crippen molar-refractivity contribution in [2.75, 3.05) is 37.6 Å². The van der Waals surface area contributed by atoms with Gasteiger partial charge in [0.25, 0.3) is 5.56 Å².